The van der Waals surface area contributed by atoms with Crippen molar-refractivity contribution < 1.29 is 0 Å². The van der Waals surface area contributed by atoms with E-state index in [1.165, 1.54) is 0 Å². The normalized spacial score (nSPS) is 10.5. The number of hydrogen-bond donors (Lipinski definition) is 3. The predicted molar refractivity (Wildman–Crippen MR) is 103 cm³/mol. The second-order valence-electron chi connectivity index (χ2n) is 4.81. The molecule has 0 aliphatic carbocycles. The molecule has 3 rings (SSSR count). The van der Waals surface area contributed by atoms with Gasteiger partial charge in [-0.05, 0) is 36.4 Å². The van der Waals surface area contributed by atoms with E-state index in [1.54, 1.807) is 0 Å². The Kier molecular flexibility index (Phi) is 4.71. The summed E-state index contributed by atoms with van der Waals surface area (Å²) in [6.45, 7) is 0. The second kappa shape index (κ2) is 6.73. The number of rotatable bonds is 3. The summed E-state index contributed by atoms with van der Waals surface area (Å²) in [6, 6.07) is 24.4. The summed E-state index contributed by atoms with van der Waals surface area (Å²) in [7, 11) is 0. The van der Waals surface area contributed by atoms with Crippen LogP contribution in [0.15, 0.2) is 87.5 Å². The minimum absolute atomic E-state index is 0.779. The topological polar surface area (TPSA) is 3.24 Å². The smallest absolute Gasteiger partial charge is 0.0607 e. The third-order valence-electron chi connectivity index (χ3n) is 3.38. The van der Waals surface area contributed by atoms with E-state index in [-0.39, 0.29) is 0 Å². The van der Waals surface area contributed by atoms with E-state index in [4.69, 9.17) is 0 Å². The highest BCUT2D eigenvalue weighted by Crippen LogP contribution is 2.41. The molecule has 1 nitrogen and oxygen atoms in total. The summed E-state index contributed by atoms with van der Waals surface area (Å²) in [5.41, 5.74) is 3.12. The van der Waals surface area contributed by atoms with Gasteiger partial charge >= 0.3 is 0 Å². The highest BCUT2D eigenvalue weighted by atomic mass is 32.1. The summed E-state index contributed by atoms with van der Waals surface area (Å²) < 4.78 is 0. The Bertz CT molecular complexity index is 734. The van der Waals surface area contributed by atoms with E-state index in [9.17, 15) is 0 Å². The van der Waals surface area contributed by atoms with E-state index >= 15 is 0 Å². The predicted octanol–water partition coefficient (Wildman–Crippen LogP) is 6.02. The van der Waals surface area contributed by atoms with Crippen LogP contribution in [0.2, 0.25) is 0 Å². The fourth-order valence-electron chi connectivity index (χ4n) is 2.32. The lowest BCUT2D eigenvalue weighted by Crippen LogP contribution is -2.10. The van der Waals surface area contributed by atoms with Crippen LogP contribution in [0.25, 0.3) is 0 Å². The van der Waals surface area contributed by atoms with Crippen molar-refractivity contribution in [2.75, 3.05) is 4.90 Å². The van der Waals surface area contributed by atoms with Gasteiger partial charge in [0.25, 0.3) is 0 Å². The van der Waals surface area contributed by atoms with Crippen molar-refractivity contribution in [3.05, 3.63) is 72.8 Å². The van der Waals surface area contributed by atoms with Crippen LogP contribution in [0, 0.1) is 0 Å². The zero-order valence-electron chi connectivity index (χ0n) is 11.7. The van der Waals surface area contributed by atoms with E-state index in [0.717, 1.165) is 31.7 Å². The molecular formula is C18H15NS3. The van der Waals surface area contributed by atoms with Crippen molar-refractivity contribution in [2.45, 2.75) is 14.7 Å². The number of anilines is 3. The minimum atomic E-state index is 0.779. The molecule has 0 amide bonds. The van der Waals surface area contributed by atoms with Gasteiger partial charge in [0.2, 0.25) is 0 Å². The van der Waals surface area contributed by atoms with Crippen LogP contribution in [0.3, 0.4) is 0 Å². The first-order valence-electron chi connectivity index (χ1n) is 6.82. The summed E-state index contributed by atoms with van der Waals surface area (Å²) in [4.78, 5) is 4.57. The van der Waals surface area contributed by atoms with Gasteiger partial charge < -0.3 is 4.90 Å². The lowest BCUT2D eigenvalue weighted by Gasteiger charge is -2.27. The average molecular weight is 342 g/mol. The quantitative estimate of drug-likeness (QED) is 0.491. The Balaban J connectivity index is 2.21. The number of thiol groups is 3. The fourth-order valence-corrected chi connectivity index (χ4v) is 3.08. The monoisotopic (exact) mass is 341 g/mol. The van der Waals surface area contributed by atoms with Crippen LogP contribution in [0.1, 0.15) is 0 Å². The van der Waals surface area contributed by atoms with Crippen molar-refractivity contribution in [1.82, 2.24) is 0 Å². The molecule has 22 heavy (non-hydrogen) atoms. The van der Waals surface area contributed by atoms with Crippen molar-refractivity contribution in [2.24, 2.45) is 0 Å². The van der Waals surface area contributed by atoms with Crippen LogP contribution in [0.5, 0.6) is 0 Å². The largest absolute Gasteiger partial charge is 0.309 e. The first kappa shape index (κ1) is 15.4. The average Bonchev–Trinajstić information content (AvgIpc) is 2.57. The van der Waals surface area contributed by atoms with Gasteiger partial charge in [0.15, 0.2) is 0 Å². The summed E-state index contributed by atoms with van der Waals surface area (Å²) in [6.07, 6.45) is 0. The van der Waals surface area contributed by atoms with Gasteiger partial charge in [0, 0.05) is 26.1 Å². The molecule has 0 saturated carbocycles. The molecule has 0 saturated heterocycles. The molecule has 0 aromatic heterocycles. The van der Waals surface area contributed by atoms with Gasteiger partial charge in [-0.25, -0.2) is 0 Å². The molecule has 0 radical (unpaired) electrons. The second-order valence-corrected chi connectivity index (χ2v) is 6.18. The molecule has 0 fully saturated rings. The summed E-state index contributed by atoms with van der Waals surface area (Å²) in [5, 5.41) is 0. The maximum Gasteiger partial charge on any atom is 0.0607 e. The molecule has 0 spiro atoms. The van der Waals surface area contributed by atoms with Crippen molar-refractivity contribution in [1.29, 1.82) is 0 Å². The van der Waals surface area contributed by atoms with Crippen LogP contribution >= 0.6 is 37.9 Å². The lowest BCUT2D eigenvalue weighted by atomic mass is 10.2. The maximum atomic E-state index is 4.65. The van der Waals surface area contributed by atoms with Gasteiger partial charge in [0.05, 0.1) is 5.69 Å². The molecule has 0 unspecified atom stereocenters. The summed E-state index contributed by atoms with van der Waals surface area (Å²) >= 11 is 13.6. The molecule has 3 aromatic rings. The number of nitrogens with zero attached hydrogens (tertiary/aromatic N) is 1. The van der Waals surface area contributed by atoms with Gasteiger partial charge in [0.1, 0.15) is 0 Å². The first-order chi connectivity index (χ1) is 10.7. The van der Waals surface area contributed by atoms with Crippen LogP contribution < -0.4 is 4.90 Å². The Labute approximate surface area is 147 Å². The Hall–Kier alpha value is -1.49. The molecule has 0 aliphatic heterocycles. The van der Waals surface area contributed by atoms with Crippen LogP contribution in [-0.4, -0.2) is 0 Å². The number of hydrogen-bond acceptors (Lipinski definition) is 4. The fraction of sp³-hybridized carbons (Fsp3) is 0. The van der Waals surface area contributed by atoms with E-state index in [2.05, 4.69) is 67.1 Å². The Morgan fingerprint density at radius 3 is 1.55 bits per heavy atom. The zero-order chi connectivity index (χ0) is 15.5. The molecule has 0 heterocycles. The molecule has 0 aliphatic rings. The molecule has 110 valence electrons. The highest BCUT2D eigenvalue weighted by Gasteiger charge is 2.16. The molecular weight excluding hydrogens is 326 g/mol. The molecule has 3 aromatic carbocycles. The first-order valence-corrected chi connectivity index (χ1v) is 8.17. The molecule has 0 N–H and O–H groups in total. The van der Waals surface area contributed by atoms with E-state index in [0.29, 0.717) is 0 Å². The van der Waals surface area contributed by atoms with Gasteiger partial charge in [-0.3, -0.25) is 0 Å². The van der Waals surface area contributed by atoms with Crippen molar-refractivity contribution in [3.63, 3.8) is 0 Å². The third-order valence-corrected chi connectivity index (χ3v) is 5.02. The van der Waals surface area contributed by atoms with Gasteiger partial charge in [-0.2, -0.15) is 0 Å². The van der Waals surface area contributed by atoms with Gasteiger partial charge in [-0.1, -0.05) is 36.4 Å². The summed E-state index contributed by atoms with van der Waals surface area (Å²) in [5.74, 6) is 0. The lowest BCUT2D eigenvalue weighted by molar-refractivity contribution is 1.10. The SMILES string of the molecule is Sc1ccc(N(c2ccccc2)c2ccccc2)c(S)c1S. The molecule has 4 heteroatoms. The molecule has 0 bridgehead atoms. The van der Waals surface area contributed by atoms with E-state index < -0.39 is 0 Å². The third kappa shape index (κ3) is 3.00. The Morgan fingerprint density at radius 2 is 1.05 bits per heavy atom. The van der Waals surface area contributed by atoms with Crippen molar-refractivity contribution in [3.8, 4) is 0 Å². The minimum Gasteiger partial charge on any atom is -0.309 e. The van der Waals surface area contributed by atoms with Gasteiger partial charge in [-0.15, -0.1) is 37.9 Å². The maximum absolute atomic E-state index is 4.65. The van der Waals surface area contributed by atoms with Crippen LogP contribution in [0.4, 0.5) is 17.1 Å². The van der Waals surface area contributed by atoms with Crippen molar-refractivity contribution >= 4 is 54.9 Å². The Morgan fingerprint density at radius 1 is 0.545 bits per heavy atom. The zero-order valence-corrected chi connectivity index (χ0v) is 14.4. The standard InChI is InChI=1S/C18H15NS3/c20-16-12-11-15(17(21)18(16)22)19(13-7-3-1-4-8-13)14-9-5-2-6-10-14/h1-12,20-22H. The highest BCUT2D eigenvalue weighted by molar-refractivity contribution is 7.85. The number of benzene rings is 3. The molecule has 0 atom stereocenters. The number of para-hydroxylation sites is 2. The van der Waals surface area contributed by atoms with E-state index in [1.807, 2.05) is 48.5 Å². The van der Waals surface area contributed by atoms with Crippen LogP contribution in [-0.2, 0) is 0 Å².